The predicted molar refractivity (Wildman–Crippen MR) is 74.3 cm³/mol. The van der Waals surface area contributed by atoms with E-state index in [0.29, 0.717) is 5.56 Å². The molecule has 0 aliphatic carbocycles. The van der Waals surface area contributed by atoms with Crippen LogP contribution in [0.4, 0.5) is 0 Å². The Morgan fingerprint density at radius 2 is 1.79 bits per heavy atom. The highest BCUT2D eigenvalue weighted by Crippen LogP contribution is 2.27. The number of hydrogen-bond donors (Lipinski definition) is 1. The lowest BCUT2D eigenvalue weighted by Gasteiger charge is -2.19. The molecule has 0 spiro atoms. The van der Waals surface area contributed by atoms with Gasteiger partial charge in [0.2, 0.25) is 0 Å². The van der Waals surface area contributed by atoms with E-state index in [2.05, 4.69) is 25.9 Å². The molecule has 1 aromatic carbocycles. The first-order valence-corrected chi connectivity index (χ1v) is 6.17. The van der Waals surface area contributed by atoms with Crippen LogP contribution in [0, 0.1) is 0 Å². The Balaban J connectivity index is 2.46. The normalized spacial score (nSPS) is 11.6. The molecule has 0 aliphatic heterocycles. The largest absolute Gasteiger partial charge is 0.476 e. The molecule has 1 N–H and O–H groups in total. The maximum Gasteiger partial charge on any atom is 0.357 e. The Bertz CT molecular complexity index is 604. The summed E-state index contributed by atoms with van der Waals surface area (Å²) >= 11 is 0. The fraction of sp³-hybridized carbons (Fsp3) is 0.333. The fourth-order valence-electron chi connectivity index (χ4n) is 2.01. The van der Waals surface area contributed by atoms with Crippen LogP contribution in [0.1, 0.15) is 36.8 Å². The summed E-state index contributed by atoms with van der Waals surface area (Å²) in [6.45, 7) is 6.44. The summed E-state index contributed by atoms with van der Waals surface area (Å²) in [4.78, 5) is 11.2. The van der Waals surface area contributed by atoms with Crippen molar-refractivity contribution < 1.29 is 9.90 Å². The molecule has 0 fully saturated rings. The molecule has 1 heterocycles. The number of hydrogen-bond acceptors (Lipinski definition) is 2. The lowest BCUT2D eigenvalue weighted by molar-refractivity contribution is 0.0690. The fourth-order valence-corrected chi connectivity index (χ4v) is 2.01. The minimum absolute atomic E-state index is 0.0864. The smallest absolute Gasteiger partial charge is 0.357 e. The molecular weight excluding hydrogens is 240 g/mol. The minimum Gasteiger partial charge on any atom is -0.476 e. The van der Waals surface area contributed by atoms with E-state index in [4.69, 9.17) is 5.11 Å². The number of carbonyl (C=O) groups is 1. The van der Waals surface area contributed by atoms with Crippen LogP contribution in [0.3, 0.4) is 0 Å². The number of aromatic nitrogens is 2. The lowest BCUT2D eigenvalue weighted by Crippen LogP contribution is -2.10. The lowest BCUT2D eigenvalue weighted by atomic mass is 9.86. The molecule has 100 valence electrons. The SMILES string of the molecule is Cn1cc(-c2ccc(C(C)(C)C)cc2)c(C(=O)O)n1. The van der Waals surface area contributed by atoms with Crippen molar-refractivity contribution in [2.75, 3.05) is 0 Å². The Hall–Kier alpha value is -2.10. The third-order valence-corrected chi connectivity index (χ3v) is 3.09. The molecule has 0 radical (unpaired) electrons. The van der Waals surface area contributed by atoms with Crippen molar-refractivity contribution in [1.82, 2.24) is 9.78 Å². The Kier molecular flexibility index (Phi) is 3.18. The van der Waals surface area contributed by atoms with Crippen molar-refractivity contribution in [3.63, 3.8) is 0 Å². The number of rotatable bonds is 2. The van der Waals surface area contributed by atoms with E-state index in [-0.39, 0.29) is 11.1 Å². The number of aryl methyl sites for hydroxylation is 1. The van der Waals surface area contributed by atoms with Gasteiger partial charge in [-0.15, -0.1) is 0 Å². The topological polar surface area (TPSA) is 55.1 Å². The number of benzene rings is 1. The highest BCUT2D eigenvalue weighted by molar-refractivity contribution is 5.93. The van der Waals surface area contributed by atoms with Crippen LogP contribution >= 0.6 is 0 Å². The van der Waals surface area contributed by atoms with Gasteiger partial charge >= 0.3 is 5.97 Å². The molecule has 19 heavy (non-hydrogen) atoms. The Morgan fingerprint density at radius 1 is 1.21 bits per heavy atom. The van der Waals surface area contributed by atoms with Gasteiger partial charge in [-0.1, -0.05) is 45.0 Å². The number of aromatic carboxylic acids is 1. The van der Waals surface area contributed by atoms with Crippen LogP contribution in [0.15, 0.2) is 30.5 Å². The summed E-state index contributed by atoms with van der Waals surface area (Å²) in [6, 6.07) is 7.97. The maximum absolute atomic E-state index is 11.2. The first-order valence-electron chi connectivity index (χ1n) is 6.17. The molecule has 2 aromatic rings. The first kappa shape index (κ1) is 13.3. The second kappa shape index (κ2) is 4.53. The molecule has 0 saturated heterocycles. The quantitative estimate of drug-likeness (QED) is 0.900. The average molecular weight is 258 g/mol. The summed E-state index contributed by atoms with van der Waals surface area (Å²) in [6.07, 6.45) is 1.73. The van der Waals surface area contributed by atoms with E-state index in [1.54, 1.807) is 13.2 Å². The zero-order valence-corrected chi connectivity index (χ0v) is 11.6. The zero-order chi connectivity index (χ0) is 14.2. The van der Waals surface area contributed by atoms with Crippen molar-refractivity contribution >= 4 is 5.97 Å². The molecule has 0 aliphatic rings. The number of nitrogens with zero attached hydrogens (tertiary/aromatic N) is 2. The molecule has 0 saturated carbocycles. The standard InChI is InChI=1S/C15H18N2O2/c1-15(2,3)11-7-5-10(6-8-11)12-9-17(4)16-13(12)14(18)19/h5-9H,1-4H3,(H,18,19). The van der Waals surface area contributed by atoms with Gasteiger partial charge in [-0.3, -0.25) is 4.68 Å². The predicted octanol–water partition coefficient (Wildman–Crippen LogP) is 3.08. The van der Waals surface area contributed by atoms with E-state index >= 15 is 0 Å². The highest BCUT2D eigenvalue weighted by Gasteiger charge is 2.18. The summed E-state index contributed by atoms with van der Waals surface area (Å²) < 4.78 is 1.52. The third-order valence-electron chi connectivity index (χ3n) is 3.09. The van der Waals surface area contributed by atoms with Gasteiger partial charge in [0.1, 0.15) is 0 Å². The Morgan fingerprint density at radius 3 is 2.26 bits per heavy atom. The molecule has 0 atom stereocenters. The van der Waals surface area contributed by atoms with E-state index in [9.17, 15) is 4.79 Å². The van der Waals surface area contributed by atoms with E-state index in [0.717, 1.165) is 5.56 Å². The van der Waals surface area contributed by atoms with Gasteiger partial charge in [-0.25, -0.2) is 4.79 Å². The van der Waals surface area contributed by atoms with Crippen molar-refractivity contribution in [3.8, 4) is 11.1 Å². The van der Waals surface area contributed by atoms with Crippen LogP contribution in [0.25, 0.3) is 11.1 Å². The van der Waals surface area contributed by atoms with Crippen molar-refractivity contribution in [3.05, 3.63) is 41.7 Å². The molecule has 4 heteroatoms. The summed E-state index contributed by atoms with van der Waals surface area (Å²) in [5.41, 5.74) is 2.92. The Labute approximate surface area is 112 Å². The van der Waals surface area contributed by atoms with Crippen molar-refractivity contribution in [2.24, 2.45) is 7.05 Å². The highest BCUT2D eigenvalue weighted by atomic mass is 16.4. The average Bonchev–Trinajstić information content (AvgIpc) is 2.70. The monoisotopic (exact) mass is 258 g/mol. The van der Waals surface area contributed by atoms with Crippen LogP contribution in [0.2, 0.25) is 0 Å². The molecule has 0 unspecified atom stereocenters. The number of carboxylic acids is 1. The molecule has 0 bridgehead atoms. The van der Waals surface area contributed by atoms with Gasteiger partial charge in [-0.05, 0) is 16.5 Å². The molecular formula is C15H18N2O2. The van der Waals surface area contributed by atoms with Gasteiger partial charge in [0, 0.05) is 18.8 Å². The second-order valence-electron chi connectivity index (χ2n) is 5.70. The molecule has 2 rings (SSSR count). The maximum atomic E-state index is 11.2. The summed E-state index contributed by atoms with van der Waals surface area (Å²) in [7, 11) is 1.72. The van der Waals surface area contributed by atoms with Crippen LogP contribution in [-0.4, -0.2) is 20.9 Å². The minimum atomic E-state index is -1.00. The third kappa shape index (κ3) is 2.67. The van der Waals surface area contributed by atoms with Gasteiger partial charge in [0.05, 0.1) is 0 Å². The van der Waals surface area contributed by atoms with Crippen molar-refractivity contribution in [1.29, 1.82) is 0 Å². The van der Waals surface area contributed by atoms with Gasteiger partial charge in [0.25, 0.3) is 0 Å². The summed E-state index contributed by atoms with van der Waals surface area (Å²) in [5.74, 6) is -1.00. The van der Waals surface area contributed by atoms with E-state index < -0.39 is 5.97 Å². The second-order valence-corrected chi connectivity index (χ2v) is 5.70. The van der Waals surface area contributed by atoms with Crippen LogP contribution in [-0.2, 0) is 12.5 Å². The van der Waals surface area contributed by atoms with Gasteiger partial charge in [-0.2, -0.15) is 5.10 Å². The zero-order valence-electron chi connectivity index (χ0n) is 11.6. The number of carboxylic acid groups (broad SMARTS) is 1. The van der Waals surface area contributed by atoms with Crippen molar-refractivity contribution in [2.45, 2.75) is 26.2 Å². The van der Waals surface area contributed by atoms with Gasteiger partial charge < -0.3 is 5.11 Å². The van der Waals surface area contributed by atoms with Gasteiger partial charge in [0.15, 0.2) is 5.69 Å². The first-order chi connectivity index (χ1) is 8.79. The van der Waals surface area contributed by atoms with Crippen LogP contribution in [0.5, 0.6) is 0 Å². The molecule has 4 nitrogen and oxygen atoms in total. The van der Waals surface area contributed by atoms with E-state index in [1.807, 2.05) is 24.3 Å². The molecule has 0 amide bonds. The van der Waals surface area contributed by atoms with E-state index in [1.165, 1.54) is 10.2 Å². The summed E-state index contributed by atoms with van der Waals surface area (Å²) in [5, 5.41) is 13.1. The van der Waals surface area contributed by atoms with Crippen LogP contribution < -0.4 is 0 Å². The molecule has 1 aromatic heterocycles.